The Morgan fingerprint density at radius 1 is 0.842 bits per heavy atom. The molecule has 0 atom stereocenters. The minimum Gasteiger partial charge on any atom is -0.434 e. The first kappa shape index (κ1) is 26.6. The van der Waals surface area contributed by atoms with Crippen molar-refractivity contribution < 1.29 is 29.1 Å². The average molecular weight is 515 g/mol. The van der Waals surface area contributed by atoms with Crippen molar-refractivity contribution in [3.05, 3.63) is 77.4 Å². The normalized spacial score (nSPS) is 11.6. The summed E-state index contributed by atoms with van der Waals surface area (Å²) in [6.45, 7) is 6.65. The highest BCUT2D eigenvalue weighted by Crippen LogP contribution is 2.32. The van der Waals surface area contributed by atoms with Gasteiger partial charge in [0.05, 0.1) is 6.61 Å². The zero-order valence-corrected chi connectivity index (χ0v) is 21.7. The minimum absolute atomic E-state index is 0.136. The quantitative estimate of drug-likeness (QED) is 0.0624. The number of aryl methyl sites for hydroxylation is 1. The van der Waals surface area contributed by atoms with E-state index in [1.807, 2.05) is 32.0 Å². The van der Waals surface area contributed by atoms with Crippen molar-refractivity contribution in [1.29, 1.82) is 0 Å². The molecule has 1 aromatic heterocycles. The number of aromatic nitrogens is 1. The number of benzene rings is 3. The summed E-state index contributed by atoms with van der Waals surface area (Å²) in [7, 11) is 0. The fourth-order valence-electron chi connectivity index (χ4n) is 4.53. The third kappa shape index (κ3) is 5.29. The number of Topliss-reactive ketones (excluding diaryl/α,β-unsaturated/α-hetero) is 1. The van der Waals surface area contributed by atoms with Gasteiger partial charge in [0.1, 0.15) is 11.5 Å². The molecule has 38 heavy (non-hydrogen) atoms. The lowest BCUT2D eigenvalue weighted by atomic mass is 9.99. The molecule has 0 saturated heterocycles. The molecule has 4 rings (SSSR count). The van der Waals surface area contributed by atoms with Gasteiger partial charge >= 0.3 is 6.16 Å². The minimum atomic E-state index is -0.801. The van der Waals surface area contributed by atoms with Crippen molar-refractivity contribution in [2.75, 3.05) is 6.61 Å². The lowest BCUT2D eigenvalue weighted by Gasteiger charge is -2.06. The van der Waals surface area contributed by atoms with Gasteiger partial charge in [-0.3, -0.25) is 9.59 Å². The predicted molar refractivity (Wildman–Crippen MR) is 146 cm³/mol. The average Bonchev–Trinajstić information content (AvgIpc) is 3.25. The first-order valence-corrected chi connectivity index (χ1v) is 12.7. The van der Waals surface area contributed by atoms with Crippen molar-refractivity contribution in [3.8, 4) is 5.75 Å². The highest BCUT2D eigenvalue weighted by atomic mass is 16.7. The fourth-order valence-corrected chi connectivity index (χ4v) is 4.53. The summed E-state index contributed by atoms with van der Waals surface area (Å²) in [6, 6.07) is 17.3. The smallest absolute Gasteiger partial charge is 0.434 e. The van der Waals surface area contributed by atoms with Crippen LogP contribution in [-0.4, -0.2) is 39.8 Å². The molecule has 8 heteroatoms. The van der Waals surface area contributed by atoms with E-state index >= 15 is 0 Å². The van der Waals surface area contributed by atoms with Gasteiger partial charge in [0.2, 0.25) is 5.78 Å². The van der Waals surface area contributed by atoms with E-state index in [1.54, 1.807) is 49.4 Å². The summed E-state index contributed by atoms with van der Waals surface area (Å²) in [4.78, 5) is 37.9. The number of nitrogens with zero attached hydrogens (tertiary/aromatic N) is 2. The Balaban J connectivity index is 1.71. The molecule has 0 fully saturated rings. The van der Waals surface area contributed by atoms with Crippen LogP contribution in [0.4, 0.5) is 4.79 Å². The second-order valence-corrected chi connectivity index (χ2v) is 8.83. The molecular weight excluding hydrogens is 484 g/mol. The summed E-state index contributed by atoms with van der Waals surface area (Å²) in [6.07, 6.45) is 1.24. The predicted octanol–water partition coefficient (Wildman–Crippen LogP) is 6.78. The maximum Gasteiger partial charge on any atom is 0.513 e. The summed E-state index contributed by atoms with van der Waals surface area (Å²) in [5, 5.41) is 14.3. The standard InChI is InChI=1S/C30H30N2O6/c1-4-7-8-25(31-36)29(34)21-12-16-27-24(18-21)23-17-20(11-15-26(23)32(27)5-2)28(33)19-9-13-22(14-10-19)38-30(35)37-6-3/h9-18,36H,4-8H2,1-3H3/b31-25+. The summed E-state index contributed by atoms with van der Waals surface area (Å²) < 4.78 is 12.0. The highest BCUT2D eigenvalue weighted by molar-refractivity contribution is 6.46. The van der Waals surface area contributed by atoms with Gasteiger partial charge in [0.25, 0.3) is 0 Å². The molecular formula is C30H30N2O6. The van der Waals surface area contributed by atoms with Crippen molar-refractivity contribution in [2.45, 2.75) is 46.6 Å². The van der Waals surface area contributed by atoms with E-state index in [-0.39, 0.29) is 29.6 Å². The van der Waals surface area contributed by atoms with Crippen LogP contribution < -0.4 is 4.74 Å². The van der Waals surface area contributed by atoms with Gasteiger partial charge in [-0.2, -0.15) is 0 Å². The van der Waals surface area contributed by atoms with Gasteiger partial charge in [0.15, 0.2) is 5.78 Å². The van der Waals surface area contributed by atoms with Crippen LogP contribution >= 0.6 is 0 Å². The van der Waals surface area contributed by atoms with Gasteiger partial charge in [-0.15, -0.1) is 0 Å². The van der Waals surface area contributed by atoms with Crippen LogP contribution in [0, 0.1) is 0 Å². The van der Waals surface area contributed by atoms with Gasteiger partial charge in [-0.25, -0.2) is 4.79 Å². The Bertz CT molecular complexity index is 1530. The molecule has 196 valence electrons. The maximum atomic E-state index is 13.3. The molecule has 4 aromatic rings. The molecule has 1 heterocycles. The van der Waals surface area contributed by atoms with Crippen molar-refractivity contribution in [2.24, 2.45) is 5.16 Å². The Labute approximate surface area is 220 Å². The van der Waals surface area contributed by atoms with E-state index < -0.39 is 6.16 Å². The molecule has 0 radical (unpaired) electrons. The van der Waals surface area contributed by atoms with Crippen LogP contribution in [0.15, 0.2) is 65.8 Å². The molecule has 0 aliphatic rings. The molecule has 0 spiro atoms. The number of oxime groups is 1. The fraction of sp³-hybridized carbons (Fsp3) is 0.267. The number of unbranched alkanes of at least 4 members (excludes halogenated alkanes) is 1. The van der Waals surface area contributed by atoms with E-state index in [1.165, 1.54) is 0 Å². The van der Waals surface area contributed by atoms with Crippen molar-refractivity contribution in [3.63, 3.8) is 0 Å². The topological polar surface area (TPSA) is 107 Å². The van der Waals surface area contributed by atoms with Crippen LogP contribution in [-0.2, 0) is 11.3 Å². The molecule has 0 saturated carbocycles. The van der Waals surface area contributed by atoms with E-state index in [2.05, 4.69) is 9.72 Å². The summed E-state index contributed by atoms with van der Waals surface area (Å²) >= 11 is 0. The van der Waals surface area contributed by atoms with Crippen molar-refractivity contribution in [1.82, 2.24) is 4.57 Å². The number of ketones is 2. The largest absolute Gasteiger partial charge is 0.513 e. The second-order valence-electron chi connectivity index (χ2n) is 8.83. The molecule has 8 nitrogen and oxygen atoms in total. The zero-order valence-electron chi connectivity index (χ0n) is 21.7. The summed E-state index contributed by atoms with van der Waals surface area (Å²) in [5.74, 6) is -0.213. The van der Waals surface area contributed by atoms with Crippen LogP contribution in [0.5, 0.6) is 5.75 Å². The molecule has 0 unspecified atom stereocenters. The van der Waals surface area contributed by atoms with E-state index in [9.17, 15) is 19.6 Å². The maximum absolute atomic E-state index is 13.3. The van der Waals surface area contributed by atoms with Crippen molar-refractivity contribution >= 4 is 45.2 Å². The van der Waals surface area contributed by atoms with Gasteiger partial charge in [0, 0.05) is 45.0 Å². The van der Waals surface area contributed by atoms with Crippen LogP contribution in [0.3, 0.4) is 0 Å². The second kappa shape index (κ2) is 11.7. The number of hydrogen-bond acceptors (Lipinski definition) is 7. The molecule has 0 aliphatic carbocycles. The number of carbonyl (C=O) groups excluding carboxylic acids is 3. The lowest BCUT2D eigenvalue weighted by Crippen LogP contribution is -2.14. The highest BCUT2D eigenvalue weighted by Gasteiger charge is 2.19. The van der Waals surface area contributed by atoms with E-state index in [0.717, 1.165) is 34.6 Å². The Hall–Kier alpha value is -4.46. The van der Waals surface area contributed by atoms with Crippen LogP contribution in [0.1, 0.15) is 66.3 Å². The zero-order chi connectivity index (χ0) is 27.2. The van der Waals surface area contributed by atoms with E-state index in [4.69, 9.17) is 9.47 Å². The molecule has 0 bridgehead atoms. The molecule has 0 aliphatic heterocycles. The molecule has 3 aromatic carbocycles. The van der Waals surface area contributed by atoms with Gasteiger partial charge < -0.3 is 19.2 Å². The van der Waals surface area contributed by atoms with Crippen LogP contribution in [0.25, 0.3) is 21.8 Å². The molecule has 1 N–H and O–H groups in total. The monoisotopic (exact) mass is 514 g/mol. The van der Waals surface area contributed by atoms with E-state index in [0.29, 0.717) is 29.7 Å². The van der Waals surface area contributed by atoms with Crippen LogP contribution in [0.2, 0.25) is 0 Å². The number of carbonyl (C=O) groups is 3. The third-order valence-electron chi connectivity index (χ3n) is 6.44. The molecule has 0 amide bonds. The first-order chi connectivity index (χ1) is 18.4. The van der Waals surface area contributed by atoms with Gasteiger partial charge in [-0.05, 0) is 87.4 Å². The lowest BCUT2D eigenvalue weighted by molar-refractivity contribution is 0.103. The Morgan fingerprint density at radius 2 is 1.45 bits per heavy atom. The number of fused-ring (bicyclic) bond motifs is 3. The summed E-state index contributed by atoms with van der Waals surface area (Å²) in [5.41, 5.74) is 3.39. The first-order valence-electron chi connectivity index (χ1n) is 12.7. The van der Waals surface area contributed by atoms with Gasteiger partial charge in [-0.1, -0.05) is 18.5 Å². The Kier molecular flexibility index (Phi) is 8.21. The number of ether oxygens (including phenoxy) is 2. The SMILES string of the molecule is CCCC/C(=N\O)C(=O)c1ccc2c(c1)c1cc(C(=O)c3ccc(OC(=O)OCC)cc3)ccc1n2CC. The third-order valence-corrected chi connectivity index (χ3v) is 6.44. The number of hydrogen-bond donors (Lipinski definition) is 1. The number of rotatable bonds is 10. The Morgan fingerprint density at radius 3 is 2.03 bits per heavy atom.